The van der Waals surface area contributed by atoms with Crippen molar-refractivity contribution in [2.24, 2.45) is 0 Å². The fraction of sp³-hybridized carbons (Fsp3) is 0.300. The zero-order valence-electron chi connectivity index (χ0n) is 15.5. The molecule has 0 spiro atoms. The van der Waals surface area contributed by atoms with Crippen LogP contribution in [-0.4, -0.2) is 43.6 Å². The van der Waals surface area contributed by atoms with Crippen molar-refractivity contribution in [1.82, 2.24) is 24.6 Å². The highest BCUT2D eigenvalue weighted by molar-refractivity contribution is 5.95. The average Bonchev–Trinajstić information content (AvgIpc) is 3.27. The van der Waals surface area contributed by atoms with Gasteiger partial charge in [-0.05, 0) is 44.5 Å². The maximum Gasteiger partial charge on any atom is 0.253 e. The van der Waals surface area contributed by atoms with Gasteiger partial charge in [0.1, 0.15) is 5.82 Å². The van der Waals surface area contributed by atoms with Crippen LogP contribution in [0.4, 0.5) is 5.82 Å². The molecule has 1 aromatic carbocycles. The third-order valence-electron chi connectivity index (χ3n) is 4.89. The molecule has 138 valence electrons. The summed E-state index contributed by atoms with van der Waals surface area (Å²) >= 11 is 0. The molecule has 3 heterocycles. The number of anilines is 1. The van der Waals surface area contributed by atoms with Gasteiger partial charge in [0.2, 0.25) is 0 Å². The molecule has 0 radical (unpaired) electrons. The lowest BCUT2D eigenvalue weighted by Crippen LogP contribution is -2.29. The van der Waals surface area contributed by atoms with Gasteiger partial charge in [-0.1, -0.05) is 12.1 Å². The van der Waals surface area contributed by atoms with E-state index in [9.17, 15) is 4.79 Å². The Bertz CT molecular complexity index is 996. The van der Waals surface area contributed by atoms with Gasteiger partial charge in [0, 0.05) is 36.1 Å². The summed E-state index contributed by atoms with van der Waals surface area (Å²) in [5.41, 5.74) is 9.29. The minimum absolute atomic E-state index is 0.0183. The zero-order chi connectivity index (χ0) is 19.0. The number of nitrogens with zero attached hydrogens (tertiary/aromatic N) is 5. The SMILES string of the molecule is Cc1cc(C)n(C2CCN(C(=O)c3cccc(-c4nccc(N)n4)c3)C2)n1. The molecular weight excluding hydrogens is 340 g/mol. The molecule has 7 heteroatoms. The zero-order valence-corrected chi connectivity index (χ0v) is 15.5. The number of aromatic nitrogens is 4. The highest BCUT2D eigenvalue weighted by atomic mass is 16.2. The topological polar surface area (TPSA) is 89.9 Å². The first-order chi connectivity index (χ1) is 13.0. The molecule has 1 aliphatic rings. The minimum atomic E-state index is 0.0183. The fourth-order valence-electron chi connectivity index (χ4n) is 3.63. The number of benzene rings is 1. The van der Waals surface area contributed by atoms with Crippen molar-refractivity contribution in [1.29, 1.82) is 0 Å². The van der Waals surface area contributed by atoms with Crippen LogP contribution in [0, 0.1) is 13.8 Å². The number of aryl methyl sites for hydroxylation is 2. The largest absolute Gasteiger partial charge is 0.384 e. The molecule has 1 aliphatic heterocycles. The normalized spacial score (nSPS) is 16.7. The highest BCUT2D eigenvalue weighted by Crippen LogP contribution is 2.25. The molecule has 0 bridgehead atoms. The fourth-order valence-corrected chi connectivity index (χ4v) is 3.63. The van der Waals surface area contributed by atoms with Gasteiger partial charge >= 0.3 is 0 Å². The maximum absolute atomic E-state index is 13.0. The van der Waals surface area contributed by atoms with Crippen LogP contribution in [0.15, 0.2) is 42.6 Å². The summed E-state index contributed by atoms with van der Waals surface area (Å²) in [5.74, 6) is 0.945. The molecule has 1 atom stereocenters. The second-order valence-corrected chi connectivity index (χ2v) is 6.95. The summed E-state index contributed by atoms with van der Waals surface area (Å²) in [5, 5.41) is 4.57. The van der Waals surface area contributed by atoms with Crippen LogP contribution >= 0.6 is 0 Å². The summed E-state index contributed by atoms with van der Waals surface area (Å²) in [6, 6.07) is 11.3. The van der Waals surface area contributed by atoms with Gasteiger partial charge in [0.25, 0.3) is 5.91 Å². The first-order valence-corrected chi connectivity index (χ1v) is 9.02. The molecule has 0 saturated carbocycles. The Balaban J connectivity index is 1.54. The minimum Gasteiger partial charge on any atom is -0.384 e. The number of nitrogens with two attached hydrogens (primary N) is 1. The molecule has 3 aromatic rings. The van der Waals surface area contributed by atoms with E-state index in [0.29, 0.717) is 23.8 Å². The Morgan fingerprint density at radius 1 is 1.22 bits per heavy atom. The van der Waals surface area contributed by atoms with Gasteiger partial charge in [-0.25, -0.2) is 9.97 Å². The predicted octanol–water partition coefficient (Wildman–Crippen LogP) is 2.63. The molecule has 2 aromatic heterocycles. The third-order valence-corrected chi connectivity index (χ3v) is 4.89. The lowest BCUT2D eigenvalue weighted by atomic mass is 10.1. The summed E-state index contributed by atoms with van der Waals surface area (Å²) in [7, 11) is 0. The molecule has 1 fully saturated rings. The van der Waals surface area contributed by atoms with Gasteiger partial charge < -0.3 is 10.6 Å². The number of likely N-dealkylation sites (tertiary alicyclic amines) is 1. The molecular formula is C20H22N6O. The van der Waals surface area contributed by atoms with Crippen LogP contribution < -0.4 is 5.73 Å². The molecule has 1 amide bonds. The van der Waals surface area contributed by atoms with Crippen LogP contribution in [0.5, 0.6) is 0 Å². The standard InChI is InChI=1S/C20H22N6O/c1-13-10-14(2)26(24-13)17-7-9-25(12-17)20(27)16-5-3-4-15(11-16)19-22-8-6-18(21)23-19/h3-6,8,10-11,17H,7,9,12H2,1-2H3,(H2,21,22,23). The number of rotatable bonds is 3. The quantitative estimate of drug-likeness (QED) is 0.773. The van der Waals surface area contributed by atoms with E-state index in [2.05, 4.69) is 28.1 Å². The van der Waals surface area contributed by atoms with Crippen LogP contribution in [0.25, 0.3) is 11.4 Å². The molecule has 27 heavy (non-hydrogen) atoms. The lowest BCUT2D eigenvalue weighted by Gasteiger charge is -2.18. The maximum atomic E-state index is 13.0. The second-order valence-electron chi connectivity index (χ2n) is 6.95. The summed E-state index contributed by atoms with van der Waals surface area (Å²) in [4.78, 5) is 23.4. The van der Waals surface area contributed by atoms with Crippen LogP contribution in [0.1, 0.15) is 34.2 Å². The van der Waals surface area contributed by atoms with Gasteiger partial charge in [0.15, 0.2) is 5.82 Å². The van der Waals surface area contributed by atoms with Crippen molar-refractivity contribution in [3.05, 3.63) is 59.5 Å². The molecule has 0 aliphatic carbocycles. The van der Waals surface area contributed by atoms with E-state index in [4.69, 9.17) is 5.73 Å². The molecule has 2 N–H and O–H groups in total. The average molecular weight is 362 g/mol. The number of carbonyl (C=O) groups is 1. The molecule has 1 saturated heterocycles. The van der Waals surface area contributed by atoms with E-state index < -0.39 is 0 Å². The Morgan fingerprint density at radius 2 is 2.07 bits per heavy atom. The van der Waals surface area contributed by atoms with Crippen LogP contribution in [-0.2, 0) is 0 Å². The number of carbonyl (C=O) groups excluding carboxylic acids is 1. The predicted molar refractivity (Wildman–Crippen MR) is 103 cm³/mol. The number of hydrogen-bond donors (Lipinski definition) is 1. The molecule has 4 rings (SSSR count). The highest BCUT2D eigenvalue weighted by Gasteiger charge is 2.29. The monoisotopic (exact) mass is 362 g/mol. The van der Waals surface area contributed by atoms with E-state index in [-0.39, 0.29) is 11.9 Å². The van der Waals surface area contributed by atoms with E-state index >= 15 is 0 Å². The Morgan fingerprint density at radius 3 is 2.81 bits per heavy atom. The van der Waals surface area contributed by atoms with Crippen molar-refractivity contribution in [3.8, 4) is 11.4 Å². The molecule has 1 unspecified atom stereocenters. The first kappa shape index (κ1) is 17.2. The second kappa shape index (κ2) is 6.83. The van der Waals surface area contributed by atoms with Crippen molar-refractivity contribution in [2.45, 2.75) is 26.3 Å². The van der Waals surface area contributed by atoms with E-state index in [1.165, 1.54) is 0 Å². The Kier molecular flexibility index (Phi) is 4.35. The van der Waals surface area contributed by atoms with Crippen molar-refractivity contribution in [3.63, 3.8) is 0 Å². The lowest BCUT2D eigenvalue weighted by molar-refractivity contribution is 0.0787. The van der Waals surface area contributed by atoms with Gasteiger partial charge in [-0.2, -0.15) is 5.10 Å². The van der Waals surface area contributed by atoms with E-state index in [1.807, 2.05) is 40.8 Å². The van der Waals surface area contributed by atoms with Gasteiger partial charge in [0.05, 0.1) is 11.7 Å². The van der Waals surface area contributed by atoms with E-state index in [1.54, 1.807) is 12.3 Å². The van der Waals surface area contributed by atoms with Crippen molar-refractivity contribution >= 4 is 11.7 Å². The number of hydrogen-bond acceptors (Lipinski definition) is 5. The third kappa shape index (κ3) is 3.40. The smallest absolute Gasteiger partial charge is 0.253 e. The summed E-state index contributed by atoms with van der Waals surface area (Å²) < 4.78 is 2.04. The van der Waals surface area contributed by atoms with Gasteiger partial charge in [-0.15, -0.1) is 0 Å². The van der Waals surface area contributed by atoms with Crippen molar-refractivity contribution in [2.75, 3.05) is 18.8 Å². The van der Waals surface area contributed by atoms with E-state index in [0.717, 1.165) is 29.9 Å². The van der Waals surface area contributed by atoms with Crippen molar-refractivity contribution < 1.29 is 4.79 Å². The summed E-state index contributed by atoms with van der Waals surface area (Å²) in [6.45, 7) is 5.44. The number of nitrogen functional groups attached to an aromatic ring is 1. The molecule has 7 nitrogen and oxygen atoms in total. The first-order valence-electron chi connectivity index (χ1n) is 9.02. The van der Waals surface area contributed by atoms with Crippen LogP contribution in [0.2, 0.25) is 0 Å². The number of amides is 1. The van der Waals surface area contributed by atoms with Crippen LogP contribution in [0.3, 0.4) is 0 Å². The van der Waals surface area contributed by atoms with Gasteiger partial charge in [-0.3, -0.25) is 9.48 Å². The Labute approximate surface area is 157 Å². The Hall–Kier alpha value is -3.22. The summed E-state index contributed by atoms with van der Waals surface area (Å²) in [6.07, 6.45) is 2.53.